The minimum Gasteiger partial charge on any atom is -0.415 e. The van der Waals surface area contributed by atoms with Crippen molar-refractivity contribution in [3.8, 4) is 11.5 Å². The van der Waals surface area contributed by atoms with Crippen LogP contribution >= 0.6 is 11.6 Å². The van der Waals surface area contributed by atoms with E-state index >= 15 is 0 Å². The highest BCUT2D eigenvalue weighted by Gasteiger charge is 2.63. The van der Waals surface area contributed by atoms with Crippen molar-refractivity contribution in [1.29, 1.82) is 0 Å². The van der Waals surface area contributed by atoms with Crippen LogP contribution in [0.1, 0.15) is 11.5 Å². The molecule has 8 nitrogen and oxygen atoms in total. The molecule has 1 atom stereocenters. The molecule has 0 saturated heterocycles. The number of aromatic nitrogens is 2. The maximum atomic E-state index is 13.6. The molecule has 3 aromatic rings. The van der Waals surface area contributed by atoms with Gasteiger partial charge in [-0.25, -0.2) is 8.42 Å². The number of amides is 1. The van der Waals surface area contributed by atoms with Crippen molar-refractivity contribution in [2.75, 3.05) is 10.7 Å². The van der Waals surface area contributed by atoms with Gasteiger partial charge in [-0.3, -0.25) is 4.79 Å². The van der Waals surface area contributed by atoms with Gasteiger partial charge in [0.15, 0.2) is 9.84 Å². The standard InChI is InChI=1S/C20H14ClF5N4O4S/c21-12-4-1-10(2-5-12)8-30-14-7-11(3-6-15(14)35(32,33)9-13(27)17(30)31)16-28-29-18(34-16)19(22,23)20(24,25)26/h1-7,13H,8-9,27H2/t13-/m0/s1. The first-order valence-electron chi connectivity index (χ1n) is 9.68. The molecule has 0 radical (unpaired) electrons. The Morgan fingerprint density at radius 3 is 2.37 bits per heavy atom. The molecule has 1 aromatic heterocycles. The molecule has 0 unspecified atom stereocenters. The van der Waals surface area contributed by atoms with Crippen molar-refractivity contribution < 1.29 is 39.6 Å². The number of carbonyl (C=O) groups is 1. The molecule has 0 aliphatic carbocycles. The largest absolute Gasteiger partial charge is 0.463 e. The van der Waals surface area contributed by atoms with Crippen molar-refractivity contribution in [1.82, 2.24) is 10.2 Å². The number of anilines is 1. The van der Waals surface area contributed by atoms with Gasteiger partial charge in [0, 0.05) is 10.6 Å². The second kappa shape index (κ2) is 8.53. The number of hydrogen-bond acceptors (Lipinski definition) is 7. The fraction of sp³-hybridized carbons (Fsp3) is 0.250. The minimum atomic E-state index is -5.98. The highest BCUT2D eigenvalue weighted by Crippen LogP contribution is 2.44. The van der Waals surface area contributed by atoms with Gasteiger partial charge in [0.05, 0.1) is 28.9 Å². The first-order valence-corrected chi connectivity index (χ1v) is 11.7. The Labute approximate surface area is 199 Å². The smallest absolute Gasteiger partial charge is 0.415 e. The van der Waals surface area contributed by atoms with Gasteiger partial charge < -0.3 is 15.1 Å². The molecule has 186 valence electrons. The van der Waals surface area contributed by atoms with Gasteiger partial charge >= 0.3 is 12.1 Å². The van der Waals surface area contributed by atoms with E-state index in [-0.39, 0.29) is 22.7 Å². The van der Waals surface area contributed by atoms with E-state index in [4.69, 9.17) is 17.3 Å². The number of nitrogens with zero attached hydrogens (tertiary/aromatic N) is 3. The summed E-state index contributed by atoms with van der Waals surface area (Å²) in [5.74, 6) is -9.58. The van der Waals surface area contributed by atoms with Crippen LogP contribution in [-0.4, -0.2) is 42.5 Å². The first kappa shape index (κ1) is 25.0. The summed E-state index contributed by atoms with van der Waals surface area (Å²) in [4.78, 5) is 13.8. The molecule has 1 aliphatic heterocycles. The highest BCUT2D eigenvalue weighted by molar-refractivity contribution is 7.91. The number of rotatable bonds is 4. The Morgan fingerprint density at radius 2 is 1.74 bits per heavy atom. The van der Waals surface area contributed by atoms with Crippen LogP contribution in [0.5, 0.6) is 0 Å². The van der Waals surface area contributed by atoms with Crippen molar-refractivity contribution >= 4 is 33.0 Å². The summed E-state index contributed by atoms with van der Waals surface area (Å²) in [7, 11) is -4.07. The lowest BCUT2D eigenvalue weighted by Crippen LogP contribution is -2.45. The molecule has 1 amide bonds. The molecule has 15 heteroatoms. The lowest BCUT2D eigenvalue weighted by molar-refractivity contribution is -0.297. The molecule has 2 aromatic carbocycles. The number of nitrogens with two attached hydrogens (primary N) is 1. The predicted octanol–water partition coefficient (Wildman–Crippen LogP) is 3.69. The molecule has 1 aliphatic rings. The third-order valence-corrected chi connectivity index (χ3v) is 7.18. The van der Waals surface area contributed by atoms with E-state index < -0.39 is 51.4 Å². The van der Waals surface area contributed by atoms with Crippen molar-refractivity contribution in [3.05, 3.63) is 58.9 Å². The zero-order valence-electron chi connectivity index (χ0n) is 17.3. The summed E-state index contributed by atoms with van der Waals surface area (Å²) in [6.07, 6.45) is -5.98. The molecular weight excluding hydrogens is 523 g/mol. The maximum absolute atomic E-state index is 13.6. The van der Waals surface area contributed by atoms with Crippen molar-refractivity contribution in [2.45, 2.75) is 29.6 Å². The molecule has 0 bridgehead atoms. The van der Waals surface area contributed by atoms with Gasteiger partial charge in [-0.1, -0.05) is 23.7 Å². The minimum absolute atomic E-state index is 0.142. The number of carbonyl (C=O) groups excluding carboxylic acids is 1. The van der Waals surface area contributed by atoms with Gasteiger partial charge in [-0.2, -0.15) is 22.0 Å². The average Bonchev–Trinajstić information content (AvgIpc) is 3.25. The van der Waals surface area contributed by atoms with Crippen molar-refractivity contribution in [3.63, 3.8) is 0 Å². The summed E-state index contributed by atoms with van der Waals surface area (Å²) in [6, 6.07) is 8.08. The number of fused-ring (bicyclic) bond motifs is 1. The van der Waals surface area contributed by atoms with Gasteiger partial charge in [0.25, 0.3) is 5.89 Å². The number of hydrogen-bond donors (Lipinski definition) is 1. The number of halogens is 6. The third-order valence-electron chi connectivity index (χ3n) is 5.12. The predicted molar refractivity (Wildman–Crippen MR) is 112 cm³/mol. The topological polar surface area (TPSA) is 119 Å². The first-order chi connectivity index (χ1) is 16.2. The summed E-state index contributed by atoms with van der Waals surface area (Å²) in [5.41, 5.74) is 5.99. The average molecular weight is 537 g/mol. The second-order valence-electron chi connectivity index (χ2n) is 7.61. The van der Waals surface area contributed by atoms with E-state index in [1.54, 1.807) is 24.3 Å². The van der Waals surface area contributed by atoms with E-state index in [0.717, 1.165) is 23.1 Å². The van der Waals surface area contributed by atoms with Crippen LogP contribution in [-0.2, 0) is 27.1 Å². The molecular formula is C20H14ClF5N4O4S. The van der Waals surface area contributed by atoms with Crippen LogP contribution in [0.3, 0.4) is 0 Å². The number of benzene rings is 2. The number of alkyl halides is 5. The lowest BCUT2D eigenvalue weighted by Gasteiger charge is -2.24. The van der Waals surface area contributed by atoms with E-state index in [9.17, 15) is 35.2 Å². The Morgan fingerprint density at radius 1 is 1.09 bits per heavy atom. The third kappa shape index (κ3) is 4.60. The number of sulfone groups is 1. The summed E-state index contributed by atoms with van der Waals surface area (Å²) >= 11 is 5.87. The Kier molecular flexibility index (Phi) is 6.10. The monoisotopic (exact) mass is 536 g/mol. The molecule has 0 fully saturated rings. The normalized spacial score (nSPS) is 18.3. The summed E-state index contributed by atoms with van der Waals surface area (Å²) in [6.45, 7) is -0.142. The molecule has 0 saturated carbocycles. The molecule has 4 rings (SSSR count). The van der Waals surface area contributed by atoms with Crippen LogP contribution in [0.2, 0.25) is 5.02 Å². The fourth-order valence-corrected chi connectivity index (χ4v) is 5.05. The van der Waals surface area contributed by atoms with Gasteiger partial charge in [0.2, 0.25) is 11.8 Å². The molecule has 2 N–H and O–H groups in total. The van der Waals surface area contributed by atoms with E-state index in [1.807, 2.05) is 0 Å². The van der Waals surface area contributed by atoms with Gasteiger partial charge in [-0.05, 0) is 35.9 Å². The molecule has 0 spiro atoms. The zero-order valence-corrected chi connectivity index (χ0v) is 18.8. The van der Waals surface area contributed by atoms with Crippen LogP contribution in [0.4, 0.5) is 27.6 Å². The van der Waals surface area contributed by atoms with E-state index in [1.165, 1.54) is 0 Å². The highest BCUT2D eigenvalue weighted by atomic mass is 35.5. The Bertz CT molecular complexity index is 1390. The van der Waals surface area contributed by atoms with Crippen LogP contribution in [0.15, 0.2) is 51.8 Å². The van der Waals surface area contributed by atoms with Crippen LogP contribution in [0, 0.1) is 0 Å². The fourth-order valence-electron chi connectivity index (χ4n) is 3.36. The Hall–Kier alpha value is -3.10. The SMILES string of the molecule is N[C@H]1CS(=O)(=O)c2ccc(-c3nnc(C(F)(F)C(F)(F)F)o3)cc2N(Cc2ccc(Cl)cc2)C1=O. The van der Waals surface area contributed by atoms with Crippen molar-refractivity contribution in [2.24, 2.45) is 5.73 Å². The van der Waals surface area contributed by atoms with E-state index in [0.29, 0.717) is 10.6 Å². The van der Waals surface area contributed by atoms with Gasteiger partial charge in [-0.15, -0.1) is 10.2 Å². The second-order valence-corrected chi connectivity index (χ2v) is 10.0. The zero-order chi connectivity index (χ0) is 25.8. The van der Waals surface area contributed by atoms with Gasteiger partial charge in [0.1, 0.15) is 0 Å². The van der Waals surface area contributed by atoms with E-state index in [2.05, 4.69) is 14.6 Å². The molecule has 35 heavy (non-hydrogen) atoms. The maximum Gasteiger partial charge on any atom is 0.463 e. The molecule has 2 heterocycles. The summed E-state index contributed by atoms with van der Waals surface area (Å²) in [5, 5.41) is 6.45. The Balaban J connectivity index is 1.82. The summed E-state index contributed by atoms with van der Waals surface area (Å²) < 4.78 is 95.3. The van der Waals surface area contributed by atoms with Crippen LogP contribution < -0.4 is 10.6 Å². The quantitative estimate of drug-likeness (QED) is 0.505. The van der Waals surface area contributed by atoms with Crippen LogP contribution in [0.25, 0.3) is 11.5 Å². The lowest BCUT2D eigenvalue weighted by atomic mass is 10.1.